The number of carbonyl (C=O) groups excluding carboxylic acids is 2. The van der Waals surface area contributed by atoms with Gasteiger partial charge in [0.05, 0.1) is 36.7 Å². The average Bonchev–Trinajstić information content (AvgIpc) is 3.16. The summed E-state index contributed by atoms with van der Waals surface area (Å²) in [5, 5.41) is 3.72. The third-order valence-corrected chi connectivity index (χ3v) is 4.34. The molecule has 0 bridgehead atoms. The van der Waals surface area contributed by atoms with Crippen molar-refractivity contribution in [3.05, 3.63) is 58.5 Å². The van der Waals surface area contributed by atoms with Gasteiger partial charge in [-0.05, 0) is 24.3 Å². The van der Waals surface area contributed by atoms with E-state index >= 15 is 0 Å². The first-order valence-corrected chi connectivity index (χ1v) is 8.25. The highest BCUT2D eigenvalue weighted by atomic mass is 32.1. The highest BCUT2D eigenvalue weighted by molar-refractivity contribution is 7.08. The molecule has 126 valence electrons. The molecule has 0 unspecified atom stereocenters. The minimum Gasteiger partial charge on any atom is -0.465 e. The van der Waals surface area contributed by atoms with E-state index in [4.69, 9.17) is 9.47 Å². The zero-order chi connectivity index (χ0) is 17.8. The molecule has 0 aliphatic rings. The molecule has 0 fully saturated rings. The van der Waals surface area contributed by atoms with Crippen molar-refractivity contribution in [1.82, 2.24) is 9.97 Å². The molecule has 6 nitrogen and oxygen atoms in total. The van der Waals surface area contributed by atoms with Crippen molar-refractivity contribution < 1.29 is 19.1 Å². The van der Waals surface area contributed by atoms with E-state index in [-0.39, 0.29) is 0 Å². The number of esters is 2. The lowest BCUT2D eigenvalue weighted by atomic mass is 10.00. The zero-order valence-corrected chi connectivity index (χ0v) is 14.4. The molecule has 0 spiro atoms. The minimum absolute atomic E-state index is 0.347. The normalized spacial score (nSPS) is 10.3. The van der Waals surface area contributed by atoms with E-state index in [1.807, 2.05) is 10.8 Å². The lowest BCUT2D eigenvalue weighted by Gasteiger charge is -2.10. The van der Waals surface area contributed by atoms with E-state index in [0.717, 1.165) is 0 Å². The molecule has 0 aliphatic carbocycles. The Bertz CT molecular complexity index is 862. The number of aromatic nitrogens is 2. The van der Waals surface area contributed by atoms with Crippen LogP contribution in [-0.2, 0) is 9.47 Å². The molecule has 0 amide bonds. The monoisotopic (exact) mass is 354 g/mol. The van der Waals surface area contributed by atoms with Crippen molar-refractivity contribution in [2.45, 2.75) is 0 Å². The summed E-state index contributed by atoms with van der Waals surface area (Å²) in [6, 6.07) is 6.63. The van der Waals surface area contributed by atoms with Crippen LogP contribution in [0.5, 0.6) is 0 Å². The van der Waals surface area contributed by atoms with Gasteiger partial charge in [0.15, 0.2) is 0 Å². The van der Waals surface area contributed by atoms with E-state index in [1.165, 1.54) is 25.6 Å². The van der Waals surface area contributed by atoms with Gasteiger partial charge in [-0.25, -0.2) is 9.59 Å². The third kappa shape index (κ3) is 3.14. The van der Waals surface area contributed by atoms with Crippen molar-refractivity contribution in [2.75, 3.05) is 14.2 Å². The van der Waals surface area contributed by atoms with Crippen molar-refractivity contribution in [2.24, 2.45) is 0 Å². The Balaban J connectivity index is 2.19. The van der Waals surface area contributed by atoms with Gasteiger partial charge in [-0.2, -0.15) is 11.3 Å². The lowest BCUT2D eigenvalue weighted by molar-refractivity contribution is 0.0592. The first kappa shape index (κ1) is 16.8. The van der Waals surface area contributed by atoms with E-state index < -0.39 is 11.9 Å². The summed E-state index contributed by atoms with van der Waals surface area (Å²) < 4.78 is 9.67. The standard InChI is InChI=1S/C18H14N2O4S/c1-23-17(21)11-5-3-7-19-15(11)13-9-25-10-14(13)16-12(18(22)24-2)6-4-8-20-16/h3-10H,1-2H3. The Labute approximate surface area is 148 Å². The maximum atomic E-state index is 12.1. The molecule has 0 saturated heterocycles. The molecule has 0 atom stereocenters. The predicted octanol–water partition coefficient (Wildman–Crippen LogP) is 3.45. The summed E-state index contributed by atoms with van der Waals surface area (Å²) in [5.74, 6) is -0.955. The van der Waals surface area contributed by atoms with Gasteiger partial charge in [0, 0.05) is 34.3 Å². The van der Waals surface area contributed by atoms with Crippen LogP contribution in [0.15, 0.2) is 47.4 Å². The summed E-state index contributed by atoms with van der Waals surface area (Å²) >= 11 is 1.43. The van der Waals surface area contributed by atoms with Gasteiger partial charge < -0.3 is 9.47 Å². The Hall–Kier alpha value is -3.06. The van der Waals surface area contributed by atoms with Crippen LogP contribution in [0.2, 0.25) is 0 Å². The van der Waals surface area contributed by atoms with Gasteiger partial charge in [0.2, 0.25) is 0 Å². The van der Waals surface area contributed by atoms with Gasteiger partial charge in [0.25, 0.3) is 0 Å². The van der Waals surface area contributed by atoms with E-state index in [9.17, 15) is 9.59 Å². The minimum atomic E-state index is -0.477. The second-order valence-electron chi connectivity index (χ2n) is 4.98. The number of hydrogen-bond donors (Lipinski definition) is 0. The third-order valence-electron chi connectivity index (χ3n) is 3.60. The number of ether oxygens (including phenoxy) is 2. The smallest absolute Gasteiger partial charge is 0.340 e. The highest BCUT2D eigenvalue weighted by Crippen LogP contribution is 2.36. The summed E-state index contributed by atoms with van der Waals surface area (Å²) in [7, 11) is 2.64. The number of thiophene rings is 1. The summed E-state index contributed by atoms with van der Waals surface area (Å²) in [4.78, 5) is 32.8. The highest BCUT2D eigenvalue weighted by Gasteiger charge is 2.22. The molecule has 3 rings (SSSR count). The second kappa shape index (κ2) is 7.23. The summed E-state index contributed by atoms with van der Waals surface area (Å²) in [5.41, 5.74) is 3.06. The number of rotatable bonds is 4. The topological polar surface area (TPSA) is 78.4 Å². The number of pyridine rings is 2. The Morgan fingerprint density at radius 2 is 1.28 bits per heavy atom. The largest absolute Gasteiger partial charge is 0.465 e. The first-order chi connectivity index (χ1) is 12.2. The quantitative estimate of drug-likeness (QED) is 0.668. The Kier molecular flexibility index (Phi) is 4.85. The molecule has 0 radical (unpaired) electrons. The van der Waals surface area contributed by atoms with Crippen LogP contribution < -0.4 is 0 Å². The van der Waals surface area contributed by atoms with Crippen molar-refractivity contribution in [3.8, 4) is 22.5 Å². The maximum Gasteiger partial charge on any atom is 0.340 e. The average molecular weight is 354 g/mol. The van der Waals surface area contributed by atoms with E-state index in [2.05, 4.69) is 9.97 Å². The molecule has 3 aromatic rings. The van der Waals surface area contributed by atoms with E-state index in [1.54, 1.807) is 36.7 Å². The van der Waals surface area contributed by atoms with Crippen LogP contribution in [0.25, 0.3) is 22.5 Å². The molecule has 0 saturated carbocycles. The maximum absolute atomic E-state index is 12.1. The predicted molar refractivity (Wildman–Crippen MR) is 93.5 cm³/mol. The Morgan fingerprint density at radius 3 is 1.68 bits per heavy atom. The number of hydrogen-bond acceptors (Lipinski definition) is 7. The fraction of sp³-hybridized carbons (Fsp3) is 0.111. The summed E-state index contributed by atoms with van der Waals surface area (Å²) in [6.07, 6.45) is 3.20. The van der Waals surface area contributed by atoms with Crippen LogP contribution in [0.4, 0.5) is 0 Å². The van der Waals surface area contributed by atoms with Gasteiger partial charge in [-0.1, -0.05) is 0 Å². The fourth-order valence-electron chi connectivity index (χ4n) is 2.45. The van der Waals surface area contributed by atoms with Gasteiger partial charge in [-0.15, -0.1) is 0 Å². The SMILES string of the molecule is COC(=O)c1cccnc1-c1cscc1-c1ncccc1C(=O)OC. The summed E-state index contributed by atoms with van der Waals surface area (Å²) in [6.45, 7) is 0. The van der Waals surface area contributed by atoms with Crippen molar-refractivity contribution >= 4 is 23.3 Å². The van der Waals surface area contributed by atoms with Gasteiger partial charge in [-0.3, -0.25) is 9.97 Å². The molecular formula is C18H14N2O4S. The first-order valence-electron chi connectivity index (χ1n) is 7.31. The van der Waals surface area contributed by atoms with Crippen LogP contribution in [-0.4, -0.2) is 36.1 Å². The number of nitrogens with zero attached hydrogens (tertiary/aromatic N) is 2. The van der Waals surface area contributed by atoms with Crippen LogP contribution in [0, 0.1) is 0 Å². The zero-order valence-electron chi connectivity index (χ0n) is 13.6. The molecule has 3 heterocycles. The lowest BCUT2D eigenvalue weighted by Crippen LogP contribution is -2.06. The molecule has 0 N–H and O–H groups in total. The van der Waals surface area contributed by atoms with Crippen molar-refractivity contribution in [3.63, 3.8) is 0 Å². The second-order valence-corrected chi connectivity index (χ2v) is 5.73. The molecule has 3 aromatic heterocycles. The molecule has 25 heavy (non-hydrogen) atoms. The molecule has 7 heteroatoms. The van der Waals surface area contributed by atoms with Crippen LogP contribution >= 0.6 is 11.3 Å². The van der Waals surface area contributed by atoms with Gasteiger partial charge >= 0.3 is 11.9 Å². The molecule has 0 aromatic carbocycles. The van der Waals surface area contributed by atoms with Crippen LogP contribution in [0.3, 0.4) is 0 Å². The number of carbonyl (C=O) groups is 2. The molecular weight excluding hydrogens is 340 g/mol. The van der Waals surface area contributed by atoms with Crippen LogP contribution in [0.1, 0.15) is 20.7 Å². The Morgan fingerprint density at radius 1 is 0.840 bits per heavy atom. The number of methoxy groups -OCH3 is 2. The van der Waals surface area contributed by atoms with Gasteiger partial charge in [0.1, 0.15) is 0 Å². The van der Waals surface area contributed by atoms with Crippen molar-refractivity contribution in [1.29, 1.82) is 0 Å². The fourth-order valence-corrected chi connectivity index (χ4v) is 3.27. The van der Waals surface area contributed by atoms with E-state index in [0.29, 0.717) is 33.6 Å². The molecule has 0 aliphatic heterocycles.